The summed E-state index contributed by atoms with van der Waals surface area (Å²) in [6.07, 6.45) is 3.26. The minimum Gasteiger partial charge on any atom is -0.490 e. The highest BCUT2D eigenvalue weighted by Gasteiger charge is 2.19. The van der Waals surface area contributed by atoms with Crippen LogP contribution in [0.4, 0.5) is 5.69 Å². The van der Waals surface area contributed by atoms with Crippen molar-refractivity contribution in [3.63, 3.8) is 0 Å². The highest BCUT2D eigenvalue weighted by molar-refractivity contribution is 6.30. The fraction of sp³-hybridized carbons (Fsp3) is 0.0952. The van der Waals surface area contributed by atoms with Gasteiger partial charge >= 0.3 is 0 Å². The van der Waals surface area contributed by atoms with Crippen molar-refractivity contribution >= 4 is 23.2 Å². The van der Waals surface area contributed by atoms with Crippen molar-refractivity contribution in [1.29, 1.82) is 0 Å². The van der Waals surface area contributed by atoms with Crippen molar-refractivity contribution in [1.82, 2.24) is 0 Å². The van der Waals surface area contributed by atoms with Crippen molar-refractivity contribution < 1.29 is 13.9 Å². The van der Waals surface area contributed by atoms with Crippen LogP contribution in [0.1, 0.15) is 16.1 Å². The summed E-state index contributed by atoms with van der Waals surface area (Å²) in [6, 6.07) is 17.8. The van der Waals surface area contributed by atoms with Gasteiger partial charge in [-0.15, -0.1) is 0 Å². The molecule has 4 nitrogen and oxygen atoms in total. The summed E-state index contributed by atoms with van der Waals surface area (Å²) in [5.41, 5.74) is 1.29. The maximum Gasteiger partial charge on any atom is 0.258 e. The van der Waals surface area contributed by atoms with Crippen LogP contribution in [0.5, 0.6) is 5.75 Å². The van der Waals surface area contributed by atoms with E-state index in [2.05, 4.69) is 6.58 Å². The smallest absolute Gasteiger partial charge is 0.258 e. The number of nitrogens with zero attached hydrogens (tertiary/aromatic N) is 1. The second kappa shape index (κ2) is 8.41. The summed E-state index contributed by atoms with van der Waals surface area (Å²) in [5.74, 6) is 1.24. The van der Waals surface area contributed by atoms with Gasteiger partial charge in [-0.05, 0) is 60.7 Å². The molecule has 132 valence electrons. The number of halogens is 1. The van der Waals surface area contributed by atoms with E-state index in [0.29, 0.717) is 35.2 Å². The number of hydrogen-bond donors (Lipinski definition) is 0. The van der Waals surface area contributed by atoms with Gasteiger partial charge in [0.2, 0.25) is 0 Å². The first-order chi connectivity index (χ1) is 12.7. The molecule has 1 amide bonds. The molecular formula is C21H18ClNO3. The summed E-state index contributed by atoms with van der Waals surface area (Å²) in [5, 5.41) is 0.614. The Morgan fingerprint density at radius 3 is 2.46 bits per heavy atom. The molecule has 0 saturated heterocycles. The third kappa shape index (κ3) is 4.35. The Kier molecular flexibility index (Phi) is 5.77. The van der Waals surface area contributed by atoms with Crippen LogP contribution < -0.4 is 9.64 Å². The molecule has 0 aliphatic heterocycles. The van der Waals surface area contributed by atoms with E-state index in [0.717, 1.165) is 5.69 Å². The van der Waals surface area contributed by atoms with E-state index < -0.39 is 0 Å². The van der Waals surface area contributed by atoms with Gasteiger partial charge in [-0.1, -0.05) is 24.3 Å². The molecule has 0 spiro atoms. The van der Waals surface area contributed by atoms with E-state index in [4.69, 9.17) is 20.8 Å². The fourth-order valence-corrected chi connectivity index (χ4v) is 2.59. The number of carbonyl (C=O) groups is 1. The highest BCUT2D eigenvalue weighted by Crippen LogP contribution is 2.23. The van der Waals surface area contributed by atoms with Crippen molar-refractivity contribution in [2.24, 2.45) is 0 Å². The van der Waals surface area contributed by atoms with Crippen LogP contribution >= 0.6 is 11.6 Å². The van der Waals surface area contributed by atoms with Gasteiger partial charge in [-0.25, -0.2) is 0 Å². The summed E-state index contributed by atoms with van der Waals surface area (Å²) < 4.78 is 10.9. The largest absolute Gasteiger partial charge is 0.490 e. The number of benzene rings is 2. The Labute approximate surface area is 157 Å². The van der Waals surface area contributed by atoms with Crippen LogP contribution in [0.2, 0.25) is 5.02 Å². The van der Waals surface area contributed by atoms with Crippen molar-refractivity contribution in [2.45, 2.75) is 6.54 Å². The number of ether oxygens (including phenoxy) is 1. The quantitative estimate of drug-likeness (QED) is 0.529. The molecule has 0 aliphatic carbocycles. The number of anilines is 1. The van der Waals surface area contributed by atoms with Crippen LogP contribution in [0.15, 0.2) is 84.0 Å². The number of amides is 1. The lowest BCUT2D eigenvalue weighted by Gasteiger charge is -2.22. The Hall–Kier alpha value is -2.98. The van der Waals surface area contributed by atoms with Gasteiger partial charge in [-0.3, -0.25) is 4.79 Å². The predicted octanol–water partition coefficient (Wildman–Crippen LogP) is 5.34. The van der Waals surface area contributed by atoms with Crippen molar-refractivity contribution in [3.05, 3.63) is 95.9 Å². The SMILES string of the molecule is C=CCOc1ccc(C(=O)N(Cc2ccco2)c2ccc(Cl)cc2)cc1. The highest BCUT2D eigenvalue weighted by atomic mass is 35.5. The molecule has 0 bridgehead atoms. The monoisotopic (exact) mass is 367 g/mol. The third-order valence-electron chi connectivity index (χ3n) is 3.75. The Bertz CT molecular complexity index is 855. The number of furan rings is 1. The van der Waals surface area contributed by atoms with Crippen LogP contribution in [-0.2, 0) is 6.54 Å². The second-order valence-corrected chi connectivity index (χ2v) is 6.01. The van der Waals surface area contributed by atoms with Crippen LogP contribution in [0.3, 0.4) is 0 Å². The standard InChI is InChI=1S/C21H18ClNO3/c1-2-13-25-19-11-5-16(6-12-19)21(24)23(15-20-4-3-14-26-20)18-9-7-17(22)8-10-18/h2-12,14H,1,13,15H2. The van der Waals surface area contributed by atoms with Crippen molar-refractivity contribution in [3.8, 4) is 5.75 Å². The Morgan fingerprint density at radius 2 is 1.85 bits per heavy atom. The molecule has 0 radical (unpaired) electrons. The number of rotatable bonds is 7. The molecule has 0 unspecified atom stereocenters. The van der Waals surface area contributed by atoms with E-state index in [-0.39, 0.29) is 5.91 Å². The van der Waals surface area contributed by atoms with Gasteiger partial charge in [0.1, 0.15) is 18.1 Å². The second-order valence-electron chi connectivity index (χ2n) is 5.57. The molecule has 1 heterocycles. The molecule has 2 aromatic carbocycles. The van der Waals surface area contributed by atoms with E-state index in [1.54, 1.807) is 59.7 Å². The van der Waals surface area contributed by atoms with E-state index in [1.165, 1.54) is 0 Å². The molecule has 5 heteroatoms. The zero-order valence-corrected chi connectivity index (χ0v) is 14.9. The molecule has 0 fully saturated rings. The topological polar surface area (TPSA) is 42.7 Å². The van der Waals surface area contributed by atoms with Crippen LogP contribution in [0, 0.1) is 0 Å². The molecule has 0 N–H and O–H groups in total. The molecule has 3 aromatic rings. The minimum absolute atomic E-state index is 0.140. The van der Waals surface area contributed by atoms with E-state index in [1.807, 2.05) is 18.2 Å². The lowest BCUT2D eigenvalue weighted by molar-refractivity contribution is 0.0983. The average Bonchev–Trinajstić information content (AvgIpc) is 3.18. The lowest BCUT2D eigenvalue weighted by atomic mass is 10.1. The average molecular weight is 368 g/mol. The molecule has 0 saturated carbocycles. The third-order valence-corrected chi connectivity index (χ3v) is 4.00. The number of carbonyl (C=O) groups excluding carboxylic acids is 1. The summed E-state index contributed by atoms with van der Waals surface area (Å²) in [6.45, 7) is 4.36. The van der Waals surface area contributed by atoms with Gasteiger partial charge in [0.25, 0.3) is 5.91 Å². The lowest BCUT2D eigenvalue weighted by Crippen LogP contribution is -2.30. The normalized spacial score (nSPS) is 10.3. The van der Waals surface area contributed by atoms with E-state index >= 15 is 0 Å². The first-order valence-electron chi connectivity index (χ1n) is 8.11. The Balaban J connectivity index is 1.86. The molecule has 1 aromatic heterocycles. The molecule has 26 heavy (non-hydrogen) atoms. The summed E-state index contributed by atoms with van der Waals surface area (Å²) in [4.78, 5) is 14.7. The first-order valence-corrected chi connectivity index (χ1v) is 8.49. The van der Waals surface area contributed by atoms with Gasteiger partial charge in [0.05, 0.1) is 12.8 Å². The van der Waals surface area contributed by atoms with Gasteiger partial charge in [0.15, 0.2) is 0 Å². The summed E-state index contributed by atoms with van der Waals surface area (Å²) in [7, 11) is 0. The number of hydrogen-bond acceptors (Lipinski definition) is 3. The molecular weight excluding hydrogens is 350 g/mol. The molecule has 3 rings (SSSR count). The first kappa shape index (κ1) is 17.8. The Morgan fingerprint density at radius 1 is 1.12 bits per heavy atom. The predicted molar refractivity (Wildman–Crippen MR) is 103 cm³/mol. The van der Waals surface area contributed by atoms with Crippen molar-refractivity contribution in [2.75, 3.05) is 11.5 Å². The zero-order valence-electron chi connectivity index (χ0n) is 14.1. The fourth-order valence-electron chi connectivity index (χ4n) is 2.46. The van der Waals surface area contributed by atoms with Gasteiger partial charge in [-0.2, -0.15) is 0 Å². The molecule has 0 aliphatic rings. The van der Waals surface area contributed by atoms with Crippen LogP contribution in [-0.4, -0.2) is 12.5 Å². The molecule has 0 atom stereocenters. The van der Waals surface area contributed by atoms with E-state index in [9.17, 15) is 4.79 Å². The maximum atomic E-state index is 13.1. The zero-order chi connectivity index (χ0) is 18.4. The maximum absolute atomic E-state index is 13.1. The minimum atomic E-state index is -0.140. The summed E-state index contributed by atoms with van der Waals surface area (Å²) >= 11 is 5.97. The van der Waals surface area contributed by atoms with Gasteiger partial charge in [0, 0.05) is 16.3 Å². The van der Waals surface area contributed by atoms with Gasteiger partial charge < -0.3 is 14.1 Å². The van der Waals surface area contributed by atoms with Crippen LogP contribution in [0.25, 0.3) is 0 Å².